The van der Waals surface area contributed by atoms with E-state index in [0.717, 1.165) is 51.4 Å². The first-order valence-corrected chi connectivity index (χ1v) is 12.0. The molecule has 2 aliphatic rings. The zero-order chi connectivity index (χ0) is 27.0. The van der Waals surface area contributed by atoms with Crippen LogP contribution >= 0.6 is 0 Å². The number of hydrogen-bond acceptors (Lipinski definition) is 7. The van der Waals surface area contributed by atoms with E-state index in [-0.39, 0.29) is 44.2 Å². The average Bonchev–Trinajstić information content (AvgIpc) is 2.82. The molecule has 0 aromatic carbocycles. The van der Waals surface area contributed by atoms with Crippen molar-refractivity contribution in [3.05, 3.63) is 0 Å². The van der Waals surface area contributed by atoms with Crippen molar-refractivity contribution in [1.82, 2.24) is 5.32 Å². The van der Waals surface area contributed by atoms with E-state index >= 15 is 0 Å². The monoisotopic (exact) mass is 567 g/mol. The zero-order valence-electron chi connectivity index (χ0n) is 21.1. The molecule has 0 aromatic rings. The third-order valence-electron chi connectivity index (χ3n) is 6.38. The third kappa shape index (κ3) is 16.5. The summed E-state index contributed by atoms with van der Waals surface area (Å²) in [7, 11) is 0. The van der Waals surface area contributed by atoms with Gasteiger partial charge < -0.3 is 37.2 Å². The van der Waals surface area contributed by atoms with Gasteiger partial charge in [-0.2, -0.15) is 0 Å². The second kappa shape index (κ2) is 20.0. The van der Waals surface area contributed by atoms with E-state index in [1.54, 1.807) is 0 Å². The molecule has 2 saturated carbocycles. The summed E-state index contributed by atoms with van der Waals surface area (Å²) in [5.41, 5.74) is 11.0. The number of carboxylic acid groups (broad SMARTS) is 4. The summed E-state index contributed by atoms with van der Waals surface area (Å²) >= 11 is 0. The predicted octanol–water partition coefficient (Wildman–Crippen LogP) is 1.11. The summed E-state index contributed by atoms with van der Waals surface area (Å²) in [6, 6.07) is -1.12. The Morgan fingerprint density at radius 2 is 1.11 bits per heavy atom. The second-order valence-corrected chi connectivity index (χ2v) is 9.11. The molecular formula is C23H41N3O9Zn. The summed E-state index contributed by atoms with van der Waals surface area (Å²) in [6.45, 7) is 2.61. The summed E-state index contributed by atoms with van der Waals surface area (Å²) in [4.78, 5) is 52.1. The van der Waals surface area contributed by atoms with E-state index in [1.165, 1.54) is 6.92 Å². The van der Waals surface area contributed by atoms with Crippen LogP contribution in [0.1, 0.15) is 71.1 Å². The van der Waals surface area contributed by atoms with E-state index in [2.05, 4.69) is 5.32 Å². The van der Waals surface area contributed by atoms with Gasteiger partial charge in [-0.3, -0.25) is 19.2 Å². The molecule has 0 aromatic heterocycles. The fourth-order valence-corrected chi connectivity index (χ4v) is 4.06. The van der Waals surface area contributed by atoms with Crippen LogP contribution in [0.5, 0.6) is 0 Å². The number of rotatable bonds is 9. The number of aliphatic carboxylic acids is 4. The molecule has 13 heteroatoms. The molecule has 36 heavy (non-hydrogen) atoms. The fourth-order valence-electron chi connectivity index (χ4n) is 4.06. The molecule has 0 bridgehead atoms. The number of nitrogens with two attached hydrogens (primary N) is 2. The minimum atomic E-state index is -1.23. The van der Waals surface area contributed by atoms with Crippen molar-refractivity contribution >= 4 is 29.8 Å². The first-order chi connectivity index (χ1) is 16.4. The van der Waals surface area contributed by atoms with E-state index in [0.29, 0.717) is 24.9 Å². The maximum atomic E-state index is 10.5. The van der Waals surface area contributed by atoms with Gasteiger partial charge in [0, 0.05) is 32.8 Å². The number of carbonyl (C=O) groups excluding carboxylic acids is 1. The van der Waals surface area contributed by atoms with Gasteiger partial charge in [-0.1, -0.05) is 0 Å². The Balaban J connectivity index is 0. The van der Waals surface area contributed by atoms with Crippen molar-refractivity contribution in [2.24, 2.45) is 35.1 Å². The summed E-state index contributed by atoms with van der Waals surface area (Å²) in [6.07, 6.45) is 6.85. The molecule has 0 heterocycles. The number of carboxylic acids is 4. The van der Waals surface area contributed by atoms with Gasteiger partial charge in [-0.05, 0) is 82.7 Å². The molecule has 0 saturated heterocycles. The third-order valence-corrected chi connectivity index (χ3v) is 6.38. The molecule has 0 unspecified atom stereocenters. The molecule has 1 amide bonds. The standard InChI is InChI=1S/2C8H15NO2.C7H11NO5.Zn/c2*9-5-6-1-3-7(4-2-6)8(10)11;1-4(9)8-5(7(12)13)2-3-6(10)11;/h2*6-7H,1-5,9H2,(H,10,11);5H,2-3H2,1H3,(H,8,9)(H,10,11)(H,12,13);/t;;5-;/m..0./s1. The van der Waals surface area contributed by atoms with Gasteiger partial charge in [0.05, 0.1) is 11.8 Å². The minimum absolute atomic E-state index is 0. The van der Waals surface area contributed by atoms with Crippen LogP contribution in [-0.2, 0) is 43.5 Å². The Morgan fingerprint density at radius 3 is 1.33 bits per heavy atom. The SMILES string of the molecule is CC(=O)N[C@@H](CCC(=O)O)C(=O)O.NCC1CCC(C(=O)O)CC1.NCC1CCC(C(=O)O)CC1.[Zn]. The van der Waals surface area contributed by atoms with E-state index in [9.17, 15) is 24.0 Å². The van der Waals surface area contributed by atoms with Crippen molar-refractivity contribution in [3.8, 4) is 0 Å². The van der Waals surface area contributed by atoms with Gasteiger partial charge in [-0.15, -0.1) is 0 Å². The van der Waals surface area contributed by atoms with Crippen LogP contribution in [0.3, 0.4) is 0 Å². The van der Waals surface area contributed by atoms with Crippen LogP contribution in [0.4, 0.5) is 0 Å². The molecule has 9 N–H and O–H groups in total. The first kappa shape index (κ1) is 36.1. The smallest absolute Gasteiger partial charge is 0.326 e. The van der Waals surface area contributed by atoms with Crippen molar-refractivity contribution in [1.29, 1.82) is 0 Å². The van der Waals surface area contributed by atoms with Crippen LogP contribution < -0.4 is 16.8 Å². The van der Waals surface area contributed by atoms with Crippen LogP contribution in [0.2, 0.25) is 0 Å². The quantitative estimate of drug-likeness (QED) is 0.195. The van der Waals surface area contributed by atoms with Crippen molar-refractivity contribution < 1.29 is 63.9 Å². The number of carbonyl (C=O) groups is 5. The second-order valence-electron chi connectivity index (χ2n) is 9.11. The normalized spacial score (nSPS) is 23.6. The zero-order valence-corrected chi connectivity index (χ0v) is 24.0. The van der Waals surface area contributed by atoms with Crippen molar-refractivity contribution in [2.45, 2.75) is 77.2 Å². The topological polar surface area (TPSA) is 230 Å². The van der Waals surface area contributed by atoms with Crippen LogP contribution in [-0.4, -0.2) is 69.3 Å². The van der Waals surface area contributed by atoms with Crippen LogP contribution in [0, 0.1) is 23.7 Å². The molecule has 0 radical (unpaired) electrons. The van der Waals surface area contributed by atoms with Crippen LogP contribution in [0.25, 0.3) is 0 Å². The van der Waals surface area contributed by atoms with Crippen molar-refractivity contribution in [2.75, 3.05) is 13.1 Å². The summed E-state index contributed by atoms with van der Waals surface area (Å²) in [5, 5.41) is 36.3. The van der Waals surface area contributed by atoms with Crippen LogP contribution in [0.15, 0.2) is 0 Å². The molecular weight excluding hydrogens is 528 g/mol. The number of amides is 1. The van der Waals surface area contributed by atoms with E-state index in [1.807, 2.05) is 0 Å². The fraction of sp³-hybridized carbons (Fsp3) is 0.783. The van der Waals surface area contributed by atoms with Crippen molar-refractivity contribution in [3.63, 3.8) is 0 Å². The van der Waals surface area contributed by atoms with Gasteiger partial charge in [0.15, 0.2) is 0 Å². The molecule has 2 aliphatic carbocycles. The minimum Gasteiger partial charge on any atom is -0.481 e. The Bertz CT molecular complexity index is 658. The average molecular weight is 569 g/mol. The molecule has 12 nitrogen and oxygen atoms in total. The Morgan fingerprint density at radius 1 is 0.750 bits per heavy atom. The summed E-state index contributed by atoms with van der Waals surface area (Å²) < 4.78 is 0. The first-order valence-electron chi connectivity index (χ1n) is 12.0. The Hall–Kier alpha value is -2.11. The largest absolute Gasteiger partial charge is 0.481 e. The molecule has 0 spiro atoms. The summed E-state index contributed by atoms with van der Waals surface area (Å²) in [5.74, 6) is -3.13. The molecule has 1 atom stereocenters. The maximum absolute atomic E-state index is 10.5. The van der Waals surface area contributed by atoms with Gasteiger partial charge in [0.25, 0.3) is 0 Å². The Labute approximate surface area is 224 Å². The number of hydrogen-bond donors (Lipinski definition) is 7. The van der Waals surface area contributed by atoms with Gasteiger partial charge >= 0.3 is 23.9 Å². The Kier molecular flexibility index (Phi) is 20.0. The van der Waals surface area contributed by atoms with E-state index in [4.69, 9.17) is 31.9 Å². The molecule has 2 rings (SSSR count). The molecule has 0 aliphatic heterocycles. The molecule has 2 fully saturated rings. The number of nitrogens with one attached hydrogen (secondary N) is 1. The maximum Gasteiger partial charge on any atom is 0.326 e. The predicted molar refractivity (Wildman–Crippen MR) is 126 cm³/mol. The van der Waals surface area contributed by atoms with Gasteiger partial charge in [-0.25, -0.2) is 4.79 Å². The van der Waals surface area contributed by atoms with E-state index < -0.39 is 35.8 Å². The van der Waals surface area contributed by atoms with Gasteiger partial charge in [0.2, 0.25) is 5.91 Å². The molecule has 204 valence electrons. The van der Waals surface area contributed by atoms with Gasteiger partial charge in [0.1, 0.15) is 6.04 Å².